The van der Waals surface area contributed by atoms with Gasteiger partial charge in [-0.3, -0.25) is 0 Å². The molecule has 2 rings (SSSR count). The maximum Gasteiger partial charge on any atom is 0.129 e. The first kappa shape index (κ1) is 28.0. The average Bonchev–Trinajstić information content (AvgIpc) is 2.59. The van der Waals surface area contributed by atoms with Crippen molar-refractivity contribution < 1.29 is 0 Å². The Morgan fingerprint density at radius 2 is 1.17 bits per heavy atom. The highest BCUT2D eigenvalue weighted by atomic mass is 79.9. The Morgan fingerprint density at radius 3 is 1.55 bits per heavy atom. The number of terminal acetylenes is 1. The van der Waals surface area contributed by atoms with Crippen LogP contribution in [0.3, 0.4) is 0 Å². The third-order valence-electron chi connectivity index (χ3n) is 2.94. The van der Waals surface area contributed by atoms with Crippen LogP contribution in [-0.2, 0) is 0 Å². The quantitative estimate of drug-likeness (QED) is 0.182. The monoisotopic (exact) mass is 614 g/mol. The molecule has 0 amide bonds. The van der Waals surface area contributed by atoms with Gasteiger partial charge in [-0.2, -0.15) is 0 Å². The topological polar surface area (TPSA) is 52.0 Å². The lowest BCUT2D eigenvalue weighted by atomic mass is 10.2. The van der Waals surface area contributed by atoms with Gasteiger partial charge >= 0.3 is 0 Å². The first-order valence-electron chi connectivity index (χ1n) is 8.91. The second-order valence-electron chi connectivity index (χ2n) is 8.31. The van der Waals surface area contributed by atoms with Crippen molar-refractivity contribution in [3.05, 3.63) is 55.4 Å². The van der Waals surface area contributed by atoms with Crippen molar-refractivity contribution in [2.24, 2.45) is 0 Å². The zero-order chi connectivity index (χ0) is 22.8. The maximum atomic E-state index is 5.69. The standard InChI is InChI=1S/C11H14BrNSi.C6H5Br2N.C5H10Si/c1-14(2,3)7-6-9-8-10(13)4-5-11(9)12;7-5-2-1-4(9)3-6(5)8;1-5-6(2,3)4/h4-5,8H,13H2,1-3H3;1-3H,9H2;1H,2-4H3. The zero-order valence-electron chi connectivity index (χ0n) is 17.8. The molecule has 0 spiro atoms. The van der Waals surface area contributed by atoms with Gasteiger partial charge < -0.3 is 11.5 Å². The lowest BCUT2D eigenvalue weighted by Gasteiger charge is -2.04. The Hall–Kier alpha value is -0.966. The summed E-state index contributed by atoms with van der Waals surface area (Å²) in [5.41, 5.74) is 19.7. The number of halogens is 3. The second-order valence-corrected chi connectivity index (χ2v) is 20.4. The van der Waals surface area contributed by atoms with Crippen LogP contribution in [0.2, 0.25) is 39.3 Å². The van der Waals surface area contributed by atoms with E-state index < -0.39 is 16.1 Å². The number of rotatable bonds is 0. The van der Waals surface area contributed by atoms with Crippen LogP contribution < -0.4 is 11.5 Å². The van der Waals surface area contributed by atoms with Gasteiger partial charge in [0.15, 0.2) is 0 Å². The minimum Gasteiger partial charge on any atom is -0.399 e. The molecule has 7 heteroatoms. The Morgan fingerprint density at radius 1 is 0.724 bits per heavy atom. The largest absolute Gasteiger partial charge is 0.399 e. The molecule has 4 N–H and O–H groups in total. The Kier molecular flexibility index (Phi) is 12.2. The summed E-state index contributed by atoms with van der Waals surface area (Å²) in [4.78, 5) is 0. The van der Waals surface area contributed by atoms with E-state index in [2.05, 4.69) is 104 Å². The van der Waals surface area contributed by atoms with Gasteiger partial charge in [-0.15, -0.1) is 17.5 Å². The molecule has 2 aromatic rings. The van der Waals surface area contributed by atoms with E-state index in [0.29, 0.717) is 0 Å². The molecule has 0 saturated heterocycles. The first-order valence-corrected chi connectivity index (χ1v) is 18.3. The number of hydrogen-bond acceptors (Lipinski definition) is 2. The van der Waals surface area contributed by atoms with Crippen LogP contribution in [0.5, 0.6) is 0 Å². The molecule has 0 aromatic heterocycles. The molecule has 0 fully saturated rings. The van der Waals surface area contributed by atoms with Gasteiger partial charge in [0.2, 0.25) is 0 Å². The number of anilines is 2. The fraction of sp³-hybridized carbons (Fsp3) is 0.273. The van der Waals surface area contributed by atoms with Crippen LogP contribution in [0, 0.1) is 23.4 Å². The predicted octanol–water partition coefficient (Wildman–Crippen LogP) is 7.55. The Labute approximate surface area is 203 Å². The lowest BCUT2D eigenvalue weighted by molar-refractivity contribution is 1.58. The molecule has 0 heterocycles. The molecule has 0 unspecified atom stereocenters. The van der Waals surface area contributed by atoms with E-state index in [1.165, 1.54) is 0 Å². The fourth-order valence-corrected chi connectivity index (χ4v) is 2.90. The number of benzene rings is 2. The van der Waals surface area contributed by atoms with E-state index in [-0.39, 0.29) is 0 Å². The van der Waals surface area contributed by atoms with Gasteiger partial charge in [-0.25, -0.2) is 0 Å². The number of nitrogens with two attached hydrogens (primary N) is 2. The van der Waals surface area contributed by atoms with E-state index in [4.69, 9.17) is 17.9 Å². The summed E-state index contributed by atoms with van der Waals surface area (Å²) in [5.74, 6) is 3.18. The smallest absolute Gasteiger partial charge is 0.129 e. The van der Waals surface area contributed by atoms with Gasteiger partial charge in [-0.05, 0) is 84.2 Å². The molecule has 0 aliphatic rings. The molecule has 0 aliphatic carbocycles. The van der Waals surface area contributed by atoms with Crippen LogP contribution >= 0.6 is 47.8 Å². The van der Waals surface area contributed by atoms with Crippen LogP contribution in [-0.4, -0.2) is 16.1 Å². The predicted molar refractivity (Wildman–Crippen MR) is 147 cm³/mol. The molecule has 0 aliphatic heterocycles. The summed E-state index contributed by atoms with van der Waals surface area (Å²) in [7, 11) is -2.41. The molecule has 156 valence electrons. The van der Waals surface area contributed by atoms with Crippen molar-refractivity contribution in [1.29, 1.82) is 0 Å². The van der Waals surface area contributed by atoms with Gasteiger partial charge in [0.1, 0.15) is 16.1 Å². The van der Waals surface area contributed by atoms with E-state index in [1.54, 1.807) is 0 Å². The molecule has 2 aromatic carbocycles. The summed E-state index contributed by atoms with van der Waals surface area (Å²) in [6.07, 6.45) is 5.12. The highest BCUT2D eigenvalue weighted by Gasteiger charge is 2.08. The van der Waals surface area contributed by atoms with Gasteiger partial charge in [0.05, 0.1) is 0 Å². The molecule has 0 atom stereocenters. The number of nitrogen functional groups attached to an aromatic ring is 2. The van der Waals surface area contributed by atoms with Crippen molar-refractivity contribution in [1.82, 2.24) is 0 Å². The Balaban J connectivity index is 0.000000448. The molecule has 29 heavy (non-hydrogen) atoms. The summed E-state index contributed by atoms with van der Waals surface area (Å²) in [6.45, 7) is 13.1. The summed E-state index contributed by atoms with van der Waals surface area (Å²) in [5, 5.41) is 0. The van der Waals surface area contributed by atoms with Gasteiger partial charge in [0, 0.05) is 30.4 Å². The van der Waals surface area contributed by atoms with Gasteiger partial charge in [-0.1, -0.05) is 45.2 Å². The van der Waals surface area contributed by atoms with E-state index in [0.717, 1.165) is 30.4 Å². The summed E-state index contributed by atoms with van der Waals surface area (Å²) < 4.78 is 3.02. The molecule has 0 bridgehead atoms. The summed E-state index contributed by atoms with van der Waals surface area (Å²) >= 11 is 10.1. The van der Waals surface area contributed by atoms with Crippen molar-refractivity contribution in [2.45, 2.75) is 39.3 Å². The zero-order valence-corrected chi connectivity index (χ0v) is 24.6. The number of hydrogen-bond donors (Lipinski definition) is 2. The third kappa shape index (κ3) is 14.6. The van der Waals surface area contributed by atoms with Gasteiger partial charge in [0.25, 0.3) is 0 Å². The first-order chi connectivity index (χ1) is 13.1. The summed E-state index contributed by atoms with van der Waals surface area (Å²) in [6, 6.07) is 11.3. The van der Waals surface area contributed by atoms with Crippen LogP contribution in [0.25, 0.3) is 0 Å². The minimum absolute atomic E-state index is 0.757. The average molecular weight is 617 g/mol. The third-order valence-corrected chi connectivity index (χ3v) is 7.25. The molecule has 0 saturated carbocycles. The minimum atomic E-state index is -1.30. The van der Waals surface area contributed by atoms with Crippen molar-refractivity contribution in [3.8, 4) is 23.4 Å². The fourth-order valence-electron chi connectivity index (χ4n) is 1.41. The molecule has 2 nitrogen and oxygen atoms in total. The normalized spacial score (nSPS) is 10.2. The van der Waals surface area contributed by atoms with Crippen molar-refractivity contribution >= 4 is 75.3 Å². The SMILES string of the molecule is C#C[Si](C)(C)C.C[Si](C)(C)C#Cc1cc(N)ccc1Br.Nc1ccc(Br)c(Br)c1. The highest BCUT2D eigenvalue weighted by Crippen LogP contribution is 2.24. The van der Waals surface area contributed by atoms with Crippen LogP contribution in [0.1, 0.15) is 5.56 Å². The van der Waals surface area contributed by atoms with E-state index in [9.17, 15) is 0 Å². The van der Waals surface area contributed by atoms with Crippen molar-refractivity contribution in [2.75, 3.05) is 11.5 Å². The maximum absolute atomic E-state index is 5.69. The van der Waals surface area contributed by atoms with E-state index >= 15 is 0 Å². The Bertz CT molecular complexity index is 913. The van der Waals surface area contributed by atoms with Crippen LogP contribution in [0.4, 0.5) is 11.4 Å². The molecule has 0 radical (unpaired) electrons. The highest BCUT2D eigenvalue weighted by molar-refractivity contribution is 9.13. The lowest BCUT2D eigenvalue weighted by Crippen LogP contribution is -2.16. The molecular formula is C22H29Br3N2Si2. The second kappa shape index (κ2) is 12.7. The molecular weight excluding hydrogens is 588 g/mol. The van der Waals surface area contributed by atoms with Crippen LogP contribution in [0.15, 0.2) is 49.8 Å². The van der Waals surface area contributed by atoms with Crippen molar-refractivity contribution in [3.63, 3.8) is 0 Å². The van der Waals surface area contributed by atoms with E-state index in [1.807, 2.05) is 36.4 Å².